The quantitative estimate of drug-likeness (QED) is 0.907. The van der Waals surface area contributed by atoms with Crippen molar-refractivity contribution in [2.75, 3.05) is 5.32 Å². The second-order valence-electron chi connectivity index (χ2n) is 4.12. The molecule has 2 heterocycles. The molecule has 0 spiro atoms. The molecule has 1 atom stereocenters. The number of nitrogens with zero attached hydrogens (tertiary/aromatic N) is 3. The van der Waals surface area contributed by atoms with E-state index >= 15 is 0 Å². The first kappa shape index (κ1) is 12.0. The third-order valence-corrected chi connectivity index (χ3v) is 3.44. The first-order valence-electron chi connectivity index (χ1n) is 5.56. The van der Waals surface area contributed by atoms with Crippen molar-refractivity contribution in [2.24, 2.45) is 0 Å². The van der Waals surface area contributed by atoms with Crippen molar-refractivity contribution in [2.45, 2.75) is 33.7 Å². The van der Waals surface area contributed by atoms with Crippen molar-refractivity contribution < 1.29 is 0 Å². The van der Waals surface area contributed by atoms with Crippen LogP contribution >= 0.6 is 11.3 Å². The Morgan fingerprint density at radius 1 is 1.24 bits per heavy atom. The minimum Gasteiger partial charge on any atom is -0.361 e. The summed E-state index contributed by atoms with van der Waals surface area (Å²) in [6.45, 7) is 8.02. The molecule has 4 nitrogen and oxygen atoms in total. The maximum Gasteiger partial charge on any atom is 0.130 e. The van der Waals surface area contributed by atoms with E-state index in [1.807, 2.05) is 26.1 Å². The molecule has 0 radical (unpaired) electrons. The minimum absolute atomic E-state index is 0.169. The maximum absolute atomic E-state index is 4.37. The number of nitrogens with one attached hydrogen (secondary N) is 1. The average Bonchev–Trinajstić information content (AvgIpc) is 2.63. The highest BCUT2D eigenvalue weighted by atomic mass is 32.1. The average molecular weight is 248 g/mol. The number of anilines is 1. The summed E-state index contributed by atoms with van der Waals surface area (Å²) in [4.78, 5) is 14.2. The summed E-state index contributed by atoms with van der Waals surface area (Å²) < 4.78 is 0. The lowest BCUT2D eigenvalue weighted by Gasteiger charge is -2.12. The molecule has 0 aliphatic heterocycles. The van der Waals surface area contributed by atoms with Crippen LogP contribution in [0.4, 0.5) is 5.82 Å². The summed E-state index contributed by atoms with van der Waals surface area (Å²) >= 11 is 1.71. The van der Waals surface area contributed by atoms with Crippen molar-refractivity contribution in [1.29, 1.82) is 0 Å². The summed E-state index contributed by atoms with van der Waals surface area (Å²) in [7, 11) is 0. The molecule has 5 heteroatoms. The summed E-state index contributed by atoms with van der Waals surface area (Å²) in [5.74, 6) is 1.64. The molecule has 2 aromatic heterocycles. The molecule has 0 aliphatic rings. The fraction of sp³-hybridized carbons (Fsp3) is 0.417. The second kappa shape index (κ2) is 4.79. The number of aryl methyl sites for hydroxylation is 3. The van der Waals surface area contributed by atoms with Gasteiger partial charge in [-0.1, -0.05) is 0 Å². The van der Waals surface area contributed by atoms with E-state index in [4.69, 9.17) is 0 Å². The summed E-state index contributed by atoms with van der Waals surface area (Å²) in [5.41, 5.74) is 0.975. The van der Waals surface area contributed by atoms with E-state index in [2.05, 4.69) is 34.1 Å². The van der Waals surface area contributed by atoms with Crippen LogP contribution in [0.15, 0.2) is 12.3 Å². The Balaban J connectivity index is 2.15. The molecule has 0 saturated carbocycles. The molecule has 1 unspecified atom stereocenters. The lowest BCUT2D eigenvalue weighted by Crippen LogP contribution is -2.08. The van der Waals surface area contributed by atoms with Crippen molar-refractivity contribution in [3.8, 4) is 0 Å². The third-order valence-electron chi connectivity index (χ3n) is 2.34. The van der Waals surface area contributed by atoms with E-state index in [0.29, 0.717) is 0 Å². The molecule has 0 aromatic carbocycles. The van der Waals surface area contributed by atoms with Crippen LogP contribution in [-0.2, 0) is 0 Å². The molecule has 17 heavy (non-hydrogen) atoms. The van der Waals surface area contributed by atoms with Crippen LogP contribution < -0.4 is 5.32 Å². The highest BCUT2D eigenvalue weighted by Crippen LogP contribution is 2.22. The standard InChI is InChI=1S/C12H16N4S/c1-7-5-11(16-10(4)14-7)15-9(3)12-13-6-8(2)17-12/h5-6,9H,1-4H3,(H,14,15,16). The number of aromatic nitrogens is 3. The van der Waals surface area contributed by atoms with Gasteiger partial charge in [-0.05, 0) is 27.7 Å². The Morgan fingerprint density at radius 2 is 2.00 bits per heavy atom. The van der Waals surface area contributed by atoms with Crippen molar-refractivity contribution in [3.63, 3.8) is 0 Å². The minimum atomic E-state index is 0.169. The fourth-order valence-corrected chi connectivity index (χ4v) is 2.42. The molecular formula is C12H16N4S. The molecular weight excluding hydrogens is 232 g/mol. The zero-order valence-electron chi connectivity index (χ0n) is 10.5. The Labute approximate surface area is 105 Å². The van der Waals surface area contributed by atoms with Gasteiger partial charge in [0.15, 0.2) is 0 Å². The van der Waals surface area contributed by atoms with Crippen molar-refractivity contribution in [1.82, 2.24) is 15.0 Å². The summed E-state index contributed by atoms with van der Waals surface area (Å²) in [6.07, 6.45) is 1.90. The van der Waals surface area contributed by atoms with Crippen LogP contribution in [0.25, 0.3) is 0 Å². The van der Waals surface area contributed by atoms with E-state index in [-0.39, 0.29) is 6.04 Å². The Hall–Kier alpha value is -1.49. The predicted molar refractivity (Wildman–Crippen MR) is 70.4 cm³/mol. The first-order chi connectivity index (χ1) is 8.04. The Bertz CT molecular complexity index is 501. The van der Waals surface area contributed by atoms with Gasteiger partial charge in [0.25, 0.3) is 0 Å². The second-order valence-corrected chi connectivity index (χ2v) is 5.38. The highest BCUT2D eigenvalue weighted by molar-refractivity contribution is 7.11. The molecule has 2 aromatic rings. The molecule has 0 aliphatic carbocycles. The largest absolute Gasteiger partial charge is 0.361 e. The van der Waals surface area contributed by atoms with E-state index < -0.39 is 0 Å². The van der Waals surface area contributed by atoms with E-state index in [9.17, 15) is 0 Å². The van der Waals surface area contributed by atoms with Crippen LogP contribution in [-0.4, -0.2) is 15.0 Å². The number of hydrogen-bond acceptors (Lipinski definition) is 5. The zero-order chi connectivity index (χ0) is 12.4. The monoisotopic (exact) mass is 248 g/mol. The third kappa shape index (κ3) is 3.00. The van der Waals surface area contributed by atoms with Gasteiger partial charge >= 0.3 is 0 Å². The van der Waals surface area contributed by atoms with Crippen LogP contribution in [0.5, 0.6) is 0 Å². The van der Waals surface area contributed by atoms with E-state index in [0.717, 1.165) is 22.3 Å². The topological polar surface area (TPSA) is 50.7 Å². The van der Waals surface area contributed by atoms with Gasteiger partial charge in [0, 0.05) is 22.8 Å². The molecule has 0 bridgehead atoms. The Kier molecular flexibility index (Phi) is 3.38. The predicted octanol–water partition coefficient (Wildman–Crippen LogP) is 3.03. The van der Waals surface area contributed by atoms with Crippen LogP contribution in [0.3, 0.4) is 0 Å². The molecule has 2 rings (SSSR count). The lowest BCUT2D eigenvalue weighted by atomic mass is 10.3. The fourth-order valence-electron chi connectivity index (χ4n) is 1.65. The van der Waals surface area contributed by atoms with Gasteiger partial charge in [0.1, 0.15) is 16.6 Å². The lowest BCUT2D eigenvalue weighted by molar-refractivity contribution is 0.852. The van der Waals surface area contributed by atoms with Crippen LogP contribution in [0.1, 0.15) is 34.4 Å². The Morgan fingerprint density at radius 3 is 2.59 bits per heavy atom. The summed E-state index contributed by atoms with van der Waals surface area (Å²) in [5, 5.41) is 4.43. The first-order valence-corrected chi connectivity index (χ1v) is 6.37. The number of hydrogen-bond donors (Lipinski definition) is 1. The van der Waals surface area contributed by atoms with Crippen molar-refractivity contribution >= 4 is 17.2 Å². The molecule has 0 amide bonds. The number of rotatable bonds is 3. The zero-order valence-corrected chi connectivity index (χ0v) is 11.3. The van der Waals surface area contributed by atoms with Gasteiger partial charge in [-0.2, -0.15) is 0 Å². The SMILES string of the molecule is Cc1cc(NC(C)c2ncc(C)s2)nc(C)n1. The normalized spacial score (nSPS) is 12.5. The maximum atomic E-state index is 4.37. The van der Waals surface area contributed by atoms with Crippen molar-refractivity contribution in [3.05, 3.63) is 33.7 Å². The van der Waals surface area contributed by atoms with Gasteiger partial charge in [0.05, 0.1) is 6.04 Å². The molecule has 0 fully saturated rings. The van der Waals surface area contributed by atoms with Crippen LogP contribution in [0.2, 0.25) is 0 Å². The van der Waals surface area contributed by atoms with Gasteiger partial charge in [-0.15, -0.1) is 11.3 Å². The van der Waals surface area contributed by atoms with E-state index in [1.165, 1.54) is 4.88 Å². The van der Waals surface area contributed by atoms with Gasteiger partial charge in [0.2, 0.25) is 0 Å². The number of thiazole rings is 1. The van der Waals surface area contributed by atoms with Gasteiger partial charge < -0.3 is 5.32 Å². The smallest absolute Gasteiger partial charge is 0.130 e. The molecule has 0 saturated heterocycles. The molecule has 90 valence electrons. The molecule has 1 N–H and O–H groups in total. The van der Waals surface area contributed by atoms with Gasteiger partial charge in [-0.3, -0.25) is 0 Å². The highest BCUT2D eigenvalue weighted by Gasteiger charge is 2.10. The summed E-state index contributed by atoms with van der Waals surface area (Å²) in [6, 6.07) is 2.12. The van der Waals surface area contributed by atoms with Gasteiger partial charge in [-0.25, -0.2) is 15.0 Å². The van der Waals surface area contributed by atoms with Crippen LogP contribution in [0, 0.1) is 20.8 Å². The van der Waals surface area contributed by atoms with E-state index in [1.54, 1.807) is 11.3 Å².